The highest BCUT2D eigenvalue weighted by molar-refractivity contribution is 6.30. The van der Waals surface area contributed by atoms with Gasteiger partial charge >= 0.3 is 0 Å². The summed E-state index contributed by atoms with van der Waals surface area (Å²) in [5.41, 5.74) is 3.39. The van der Waals surface area contributed by atoms with Gasteiger partial charge in [0.1, 0.15) is 12.2 Å². The van der Waals surface area contributed by atoms with Crippen LogP contribution < -0.4 is 0 Å². The Bertz CT molecular complexity index is 935. The molecule has 0 saturated carbocycles. The zero-order valence-electron chi connectivity index (χ0n) is 15.2. The smallest absolute Gasteiger partial charge is 0.162 e. The van der Waals surface area contributed by atoms with Crippen LogP contribution in [0.1, 0.15) is 18.4 Å². The van der Waals surface area contributed by atoms with E-state index in [0.29, 0.717) is 12.6 Å². The largest absolute Gasteiger partial charge is 0.486 e. The average Bonchev–Trinajstić information content (AvgIpc) is 3.35. The molecule has 5 rings (SSSR count). The Morgan fingerprint density at radius 2 is 2.00 bits per heavy atom. The van der Waals surface area contributed by atoms with E-state index in [0.717, 1.165) is 61.0 Å². The Morgan fingerprint density at radius 3 is 2.89 bits per heavy atom. The van der Waals surface area contributed by atoms with E-state index in [4.69, 9.17) is 20.8 Å². The molecule has 1 aromatic carbocycles. The minimum absolute atomic E-state index is 0.443. The van der Waals surface area contributed by atoms with Crippen LogP contribution in [0.25, 0.3) is 11.0 Å². The molecule has 4 nitrogen and oxygen atoms in total. The summed E-state index contributed by atoms with van der Waals surface area (Å²) >= 11 is 6.60. The summed E-state index contributed by atoms with van der Waals surface area (Å²) in [6.45, 7) is 3.87. The van der Waals surface area contributed by atoms with Gasteiger partial charge in [-0.1, -0.05) is 29.8 Å². The molecule has 0 bridgehead atoms. The average molecular weight is 383 g/mol. The molecule has 0 atom stereocenters. The van der Waals surface area contributed by atoms with Crippen molar-refractivity contribution in [3.05, 3.63) is 70.9 Å². The lowest BCUT2D eigenvalue weighted by molar-refractivity contribution is 0.158. The molecule has 0 amide bonds. The van der Waals surface area contributed by atoms with Gasteiger partial charge in [0.25, 0.3) is 0 Å². The van der Waals surface area contributed by atoms with Crippen molar-refractivity contribution >= 4 is 22.6 Å². The molecule has 0 aliphatic carbocycles. The minimum Gasteiger partial charge on any atom is -0.486 e. The normalized spacial score (nSPS) is 20.9. The van der Waals surface area contributed by atoms with E-state index in [2.05, 4.69) is 40.3 Å². The van der Waals surface area contributed by atoms with Crippen LogP contribution in [0, 0.1) is 0 Å². The summed E-state index contributed by atoms with van der Waals surface area (Å²) in [5.74, 6) is 0.841. The number of halogens is 1. The van der Waals surface area contributed by atoms with E-state index in [1.54, 1.807) is 0 Å². The fourth-order valence-corrected chi connectivity index (χ4v) is 4.62. The van der Waals surface area contributed by atoms with E-state index < -0.39 is 0 Å². The molecule has 0 radical (unpaired) electrons. The van der Waals surface area contributed by atoms with Crippen LogP contribution in [0.2, 0.25) is 0 Å². The lowest BCUT2D eigenvalue weighted by Crippen LogP contribution is -2.43. The van der Waals surface area contributed by atoms with Crippen LogP contribution in [0.3, 0.4) is 0 Å². The van der Waals surface area contributed by atoms with Crippen molar-refractivity contribution in [3.8, 4) is 0 Å². The highest BCUT2D eigenvalue weighted by Crippen LogP contribution is 2.35. The van der Waals surface area contributed by atoms with Crippen molar-refractivity contribution in [1.29, 1.82) is 0 Å². The molecule has 27 heavy (non-hydrogen) atoms. The number of benzene rings is 1. The number of rotatable bonds is 4. The van der Waals surface area contributed by atoms with E-state index in [1.807, 2.05) is 18.4 Å². The summed E-state index contributed by atoms with van der Waals surface area (Å²) < 4.78 is 11.3. The standard InChI is InChI=1S/C22H23ClN2O2/c23-22-21-16(9-14-26-21)6-13-25(22)18-7-11-24(12-8-18)10-5-17-15-27-20-4-2-1-3-19(17)20/h1-4,6,9,13,15,18H,5,7-8,10-12,14H2. The SMILES string of the molecule is ClC1=C2OCC=C2C=CN1C1CCN(CCc2coc3ccccc23)CC1. The number of allylic oxidation sites excluding steroid dienone is 1. The van der Waals surface area contributed by atoms with Crippen molar-refractivity contribution in [3.63, 3.8) is 0 Å². The van der Waals surface area contributed by atoms with Gasteiger partial charge in [0.2, 0.25) is 0 Å². The maximum atomic E-state index is 6.60. The third-order valence-electron chi connectivity index (χ3n) is 5.83. The first kappa shape index (κ1) is 17.0. The fraction of sp³-hybridized carbons (Fsp3) is 0.364. The predicted molar refractivity (Wildman–Crippen MR) is 107 cm³/mol. The van der Waals surface area contributed by atoms with Crippen LogP contribution in [-0.4, -0.2) is 42.1 Å². The van der Waals surface area contributed by atoms with Gasteiger partial charge in [-0.15, -0.1) is 0 Å². The number of ether oxygens (including phenoxy) is 1. The van der Waals surface area contributed by atoms with E-state index >= 15 is 0 Å². The molecular formula is C22H23ClN2O2. The van der Waals surface area contributed by atoms with Crippen molar-refractivity contribution in [2.24, 2.45) is 0 Å². The molecule has 1 saturated heterocycles. The van der Waals surface area contributed by atoms with Crippen LogP contribution in [0.15, 0.2) is 69.8 Å². The fourth-order valence-electron chi connectivity index (χ4n) is 4.26. The number of fused-ring (bicyclic) bond motifs is 2. The molecule has 0 N–H and O–H groups in total. The number of likely N-dealkylation sites (tertiary alicyclic amines) is 1. The highest BCUT2D eigenvalue weighted by Gasteiger charge is 2.30. The zero-order valence-corrected chi connectivity index (χ0v) is 16.0. The van der Waals surface area contributed by atoms with E-state index in [1.165, 1.54) is 10.9 Å². The van der Waals surface area contributed by atoms with Crippen molar-refractivity contribution in [1.82, 2.24) is 9.80 Å². The van der Waals surface area contributed by atoms with Crippen LogP contribution in [0.4, 0.5) is 0 Å². The quantitative estimate of drug-likeness (QED) is 0.721. The lowest BCUT2D eigenvalue weighted by Gasteiger charge is -2.39. The van der Waals surface area contributed by atoms with Gasteiger partial charge < -0.3 is 19.0 Å². The molecule has 5 heteroatoms. The van der Waals surface area contributed by atoms with Crippen molar-refractivity contribution in [2.45, 2.75) is 25.3 Å². The molecule has 0 unspecified atom stereocenters. The third-order valence-corrected chi connectivity index (χ3v) is 6.20. The molecule has 0 spiro atoms. The van der Waals surface area contributed by atoms with Crippen LogP contribution >= 0.6 is 11.6 Å². The van der Waals surface area contributed by atoms with Gasteiger partial charge in [0, 0.05) is 42.8 Å². The Kier molecular flexibility index (Phi) is 4.46. The molecule has 140 valence electrons. The van der Waals surface area contributed by atoms with Crippen LogP contribution in [0.5, 0.6) is 0 Å². The second kappa shape index (κ2) is 7.10. The second-order valence-corrected chi connectivity index (χ2v) is 7.75. The number of para-hydroxylation sites is 1. The summed E-state index contributed by atoms with van der Waals surface area (Å²) in [5, 5.41) is 1.98. The Morgan fingerprint density at radius 1 is 1.15 bits per heavy atom. The molecule has 3 aliphatic heterocycles. The topological polar surface area (TPSA) is 28.9 Å². The predicted octanol–water partition coefficient (Wildman–Crippen LogP) is 4.63. The summed E-state index contributed by atoms with van der Waals surface area (Å²) in [4.78, 5) is 4.74. The van der Waals surface area contributed by atoms with Crippen molar-refractivity contribution in [2.75, 3.05) is 26.2 Å². The number of nitrogens with zero attached hydrogens (tertiary/aromatic N) is 2. The van der Waals surface area contributed by atoms with Crippen molar-refractivity contribution < 1.29 is 9.15 Å². The highest BCUT2D eigenvalue weighted by atomic mass is 35.5. The zero-order chi connectivity index (χ0) is 18.2. The van der Waals surface area contributed by atoms with Gasteiger partial charge in [-0.2, -0.15) is 0 Å². The van der Waals surface area contributed by atoms with Gasteiger partial charge in [-0.3, -0.25) is 0 Å². The molecule has 2 aromatic rings. The maximum absolute atomic E-state index is 6.60. The Hall–Kier alpha value is -2.17. The first-order valence-corrected chi connectivity index (χ1v) is 10.0. The van der Waals surface area contributed by atoms with Gasteiger partial charge in [-0.05, 0) is 43.0 Å². The Balaban J connectivity index is 1.18. The van der Waals surface area contributed by atoms with Gasteiger partial charge in [0.15, 0.2) is 10.9 Å². The lowest BCUT2D eigenvalue weighted by atomic mass is 10.0. The summed E-state index contributed by atoms with van der Waals surface area (Å²) in [6.07, 6.45) is 11.5. The number of piperidine rings is 1. The number of furan rings is 1. The maximum Gasteiger partial charge on any atom is 0.162 e. The molecule has 1 aromatic heterocycles. The molecule has 4 heterocycles. The summed E-state index contributed by atoms with van der Waals surface area (Å²) in [6, 6.07) is 8.71. The van der Waals surface area contributed by atoms with Crippen LogP contribution in [-0.2, 0) is 11.2 Å². The summed E-state index contributed by atoms with van der Waals surface area (Å²) in [7, 11) is 0. The minimum atomic E-state index is 0.443. The molecule has 1 fully saturated rings. The molecule has 3 aliphatic rings. The third kappa shape index (κ3) is 3.17. The monoisotopic (exact) mass is 382 g/mol. The number of hydrogen-bond donors (Lipinski definition) is 0. The first-order valence-electron chi connectivity index (χ1n) is 9.67. The molecular weight excluding hydrogens is 360 g/mol. The van der Waals surface area contributed by atoms with E-state index in [9.17, 15) is 0 Å². The first-order chi connectivity index (χ1) is 13.3. The Labute approximate surface area is 164 Å². The van der Waals surface area contributed by atoms with E-state index in [-0.39, 0.29) is 0 Å². The van der Waals surface area contributed by atoms with Gasteiger partial charge in [0.05, 0.1) is 6.26 Å². The number of hydrogen-bond acceptors (Lipinski definition) is 4. The second-order valence-electron chi connectivity index (χ2n) is 7.39. The van der Waals surface area contributed by atoms with Gasteiger partial charge in [-0.25, -0.2) is 0 Å².